The van der Waals surface area contributed by atoms with Crippen LogP contribution in [0.25, 0.3) is 0 Å². The highest BCUT2D eigenvalue weighted by atomic mass is 16.4. The van der Waals surface area contributed by atoms with Crippen LogP contribution in [0.3, 0.4) is 0 Å². The lowest BCUT2D eigenvalue weighted by atomic mass is 10.0. The fraction of sp³-hybridized carbons (Fsp3) is 0.333. The Kier molecular flexibility index (Phi) is 3.91. The van der Waals surface area contributed by atoms with Gasteiger partial charge in [0.05, 0.1) is 12.0 Å². The lowest BCUT2D eigenvalue weighted by molar-refractivity contribution is -0.136. The Morgan fingerprint density at radius 3 is 1.92 bits per heavy atom. The van der Waals surface area contributed by atoms with Crippen molar-refractivity contribution >= 4 is 11.9 Å². The van der Waals surface area contributed by atoms with Crippen molar-refractivity contribution in [3.63, 3.8) is 0 Å². The molecule has 0 aromatic heterocycles. The fourth-order valence-corrected chi connectivity index (χ4v) is 1.04. The third-order valence-corrected chi connectivity index (χ3v) is 1.48. The summed E-state index contributed by atoms with van der Waals surface area (Å²) in [6.07, 6.45) is -0.269. The quantitative estimate of drug-likeness (QED) is 0.512. The lowest BCUT2D eigenvalue weighted by Crippen LogP contribution is -2.07. The van der Waals surface area contributed by atoms with E-state index in [1.165, 1.54) is 13.8 Å². The van der Waals surface area contributed by atoms with Crippen LogP contribution in [0.15, 0.2) is 23.3 Å². The zero-order valence-electron chi connectivity index (χ0n) is 7.63. The third-order valence-electron chi connectivity index (χ3n) is 1.48. The van der Waals surface area contributed by atoms with Crippen molar-refractivity contribution in [1.82, 2.24) is 0 Å². The van der Waals surface area contributed by atoms with Crippen molar-refractivity contribution < 1.29 is 19.8 Å². The fourth-order valence-electron chi connectivity index (χ4n) is 1.04. The standard InChI is InChI=1S/C9H12O4/c1-5(2)8(9(12)13)6(3)4-7(10)11/h1,4H2,2-3H3,(H,10,11)(H,12,13)/b8-6-. The molecule has 0 aromatic carbocycles. The number of carboxylic acid groups (broad SMARTS) is 2. The molecule has 0 bridgehead atoms. The molecule has 13 heavy (non-hydrogen) atoms. The first kappa shape index (κ1) is 11.4. The van der Waals surface area contributed by atoms with Gasteiger partial charge in [0.15, 0.2) is 0 Å². The normalized spacial score (nSPS) is 11.8. The molecule has 0 aliphatic heterocycles. The van der Waals surface area contributed by atoms with E-state index in [2.05, 4.69) is 6.58 Å². The molecule has 4 heteroatoms. The van der Waals surface area contributed by atoms with Crippen molar-refractivity contribution in [3.05, 3.63) is 23.3 Å². The van der Waals surface area contributed by atoms with Crippen molar-refractivity contribution in [2.45, 2.75) is 20.3 Å². The summed E-state index contributed by atoms with van der Waals surface area (Å²) < 4.78 is 0. The molecule has 2 N–H and O–H groups in total. The maximum absolute atomic E-state index is 10.7. The maximum Gasteiger partial charge on any atom is 0.335 e. The molecule has 0 amide bonds. The van der Waals surface area contributed by atoms with E-state index in [0.717, 1.165) is 0 Å². The van der Waals surface area contributed by atoms with Crippen LogP contribution in [0.1, 0.15) is 20.3 Å². The highest BCUT2D eigenvalue weighted by Crippen LogP contribution is 2.15. The van der Waals surface area contributed by atoms with Crippen LogP contribution < -0.4 is 0 Å². The number of carbonyl (C=O) groups is 2. The van der Waals surface area contributed by atoms with Crippen LogP contribution in [-0.4, -0.2) is 22.2 Å². The monoisotopic (exact) mass is 184 g/mol. The molecular formula is C9H12O4. The van der Waals surface area contributed by atoms with Crippen LogP contribution >= 0.6 is 0 Å². The second-order valence-electron chi connectivity index (χ2n) is 2.81. The topological polar surface area (TPSA) is 74.6 Å². The first-order valence-corrected chi connectivity index (χ1v) is 3.67. The average Bonchev–Trinajstić information content (AvgIpc) is 1.81. The Hall–Kier alpha value is -1.58. The molecule has 0 aliphatic carbocycles. The van der Waals surface area contributed by atoms with Gasteiger partial charge in [-0.05, 0) is 25.0 Å². The van der Waals surface area contributed by atoms with Crippen LogP contribution in [0.2, 0.25) is 0 Å². The third kappa shape index (κ3) is 3.55. The molecule has 0 atom stereocenters. The van der Waals surface area contributed by atoms with E-state index in [1.54, 1.807) is 0 Å². The minimum Gasteiger partial charge on any atom is -0.481 e. The summed E-state index contributed by atoms with van der Waals surface area (Å²) in [6, 6.07) is 0. The zero-order chi connectivity index (χ0) is 10.6. The Bertz CT molecular complexity index is 270. The summed E-state index contributed by atoms with van der Waals surface area (Å²) in [5.41, 5.74) is 0.682. The summed E-state index contributed by atoms with van der Waals surface area (Å²) in [5, 5.41) is 17.2. The second kappa shape index (κ2) is 4.45. The molecule has 0 fully saturated rings. The molecule has 0 heterocycles. The number of hydrogen-bond acceptors (Lipinski definition) is 2. The molecule has 0 rings (SSSR count). The van der Waals surface area contributed by atoms with E-state index in [-0.39, 0.29) is 12.0 Å². The summed E-state index contributed by atoms with van der Waals surface area (Å²) >= 11 is 0. The van der Waals surface area contributed by atoms with Crippen LogP contribution in [0.4, 0.5) is 0 Å². The second-order valence-corrected chi connectivity index (χ2v) is 2.81. The van der Waals surface area contributed by atoms with Gasteiger partial charge in [-0.15, -0.1) is 0 Å². The Labute approximate surface area is 76.2 Å². The van der Waals surface area contributed by atoms with Crippen molar-refractivity contribution in [1.29, 1.82) is 0 Å². The molecule has 0 saturated heterocycles. The van der Waals surface area contributed by atoms with Gasteiger partial charge in [-0.1, -0.05) is 6.58 Å². The molecule has 0 spiro atoms. The predicted octanol–water partition coefficient (Wildman–Crippen LogP) is 1.44. The summed E-state index contributed by atoms with van der Waals surface area (Å²) in [6.45, 7) is 6.49. The molecule has 0 saturated carbocycles. The number of carboxylic acids is 2. The minimum absolute atomic E-state index is 0.00222. The minimum atomic E-state index is -1.13. The first-order chi connectivity index (χ1) is 5.86. The summed E-state index contributed by atoms with van der Waals surface area (Å²) in [4.78, 5) is 21.0. The lowest BCUT2D eigenvalue weighted by Gasteiger charge is -2.05. The smallest absolute Gasteiger partial charge is 0.335 e. The van der Waals surface area contributed by atoms with Crippen molar-refractivity contribution in [3.8, 4) is 0 Å². The maximum atomic E-state index is 10.7. The molecule has 72 valence electrons. The van der Waals surface area contributed by atoms with Gasteiger partial charge in [0.1, 0.15) is 0 Å². The first-order valence-electron chi connectivity index (χ1n) is 3.67. The predicted molar refractivity (Wildman–Crippen MR) is 47.4 cm³/mol. The summed E-state index contributed by atoms with van der Waals surface area (Å²) in [5.74, 6) is -2.18. The van der Waals surface area contributed by atoms with E-state index in [1.807, 2.05) is 0 Å². The molecular weight excluding hydrogens is 172 g/mol. The Morgan fingerprint density at radius 2 is 1.69 bits per heavy atom. The molecule has 4 nitrogen and oxygen atoms in total. The average molecular weight is 184 g/mol. The Morgan fingerprint density at radius 1 is 1.23 bits per heavy atom. The molecule has 0 aromatic rings. The highest BCUT2D eigenvalue weighted by Gasteiger charge is 2.13. The van der Waals surface area contributed by atoms with Crippen LogP contribution in [-0.2, 0) is 9.59 Å². The van der Waals surface area contributed by atoms with E-state index in [4.69, 9.17) is 10.2 Å². The van der Waals surface area contributed by atoms with Gasteiger partial charge in [-0.2, -0.15) is 0 Å². The van der Waals surface area contributed by atoms with Gasteiger partial charge in [0, 0.05) is 0 Å². The van der Waals surface area contributed by atoms with Gasteiger partial charge in [0.2, 0.25) is 0 Å². The van der Waals surface area contributed by atoms with E-state index in [0.29, 0.717) is 11.1 Å². The van der Waals surface area contributed by atoms with Gasteiger partial charge >= 0.3 is 11.9 Å². The molecule has 0 unspecified atom stereocenters. The Balaban J connectivity index is 4.98. The zero-order valence-corrected chi connectivity index (χ0v) is 7.63. The van der Waals surface area contributed by atoms with E-state index in [9.17, 15) is 9.59 Å². The van der Waals surface area contributed by atoms with E-state index < -0.39 is 11.9 Å². The van der Waals surface area contributed by atoms with Gasteiger partial charge in [-0.3, -0.25) is 4.79 Å². The van der Waals surface area contributed by atoms with Gasteiger partial charge in [-0.25, -0.2) is 4.79 Å². The van der Waals surface area contributed by atoms with Gasteiger partial charge in [0.25, 0.3) is 0 Å². The van der Waals surface area contributed by atoms with Crippen molar-refractivity contribution in [2.24, 2.45) is 0 Å². The highest BCUT2D eigenvalue weighted by molar-refractivity contribution is 5.93. The van der Waals surface area contributed by atoms with Crippen LogP contribution in [0, 0.1) is 0 Å². The van der Waals surface area contributed by atoms with Crippen molar-refractivity contribution in [2.75, 3.05) is 0 Å². The largest absolute Gasteiger partial charge is 0.481 e. The summed E-state index contributed by atoms with van der Waals surface area (Å²) in [7, 11) is 0. The van der Waals surface area contributed by atoms with E-state index >= 15 is 0 Å². The number of hydrogen-bond donors (Lipinski definition) is 2. The van der Waals surface area contributed by atoms with Gasteiger partial charge < -0.3 is 10.2 Å². The number of rotatable bonds is 4. The molecule has 0 aliphatic rings. The van der Waals surface area contributed by atoms with Crippen LogP contribution in [0.5, 0.6) is 0 Å². The number of aliphatic carboxylic acids is 2. The SMILES string of the molecule is C=C(C)/C(C(=O)O)=C(\C)CC(=O)O. The molecule has 0 radical (unpaired) electrons.